The van der Waals surface area contributed by atoms with Crippen LogP contribution >= 0.6 is 0 Å². The zero-order valence-electron chi connectivity index (χ0n) is 65.4. The molecule has 562 valence electrons. The molecule has 0 radical (unpaired) electrons. The topological polar surface area (TPSA) is 87.1 Å². The summed E-state index contributed by atoms with van der Waals surface area (Å²) in [5, 5.41) is 17.0. The lowest BCUT2D eigenvalue weighted by molar-refractivity contribution is 1.18. The van der Waals surface area contributed by atoms with Crippen LogP contribution in [0.4, 0.5) is 51.6 Å². The molecule has 0 saturated heterocycles. The largest absolute Gasteiger partial charge is 0.292 e. The summed E-state index contributed by atoms with van der Waals surface area (Å²) in [7, 11) is 0. The van der Waals surface area contributed by atoms with Crippen LogP contribution in [0.2, 0.25) is 0 Å². The second-order valence-corrected chi connectivity index (χ2v) is 31.2. The molecule has 0 saturated carbocycles. The molecule has 3 aliphatic rings. The number of hydrogen-bond donors (Lipinski definition) is 0. The summed E-state index contributed by atoms with van der Waals surface area (Å²) in [6, 6.07) is 148. The Morgan fingerprint density at radius 1 is 0.140 bits per heavy atom. The van der Waals surface area contributed by atoms with Crippen LogP contribution in [0.3, 0.4) is 0 Å². The molecule has 6 heterocycles. The van der Waals surface area contributed by atoms with Crippen molar-refractivity contribution >= 4 is 160 Å². The lowest BCUT2D eigenvalue weighted by Crippen LogP contribution is -2.18. The number of fused-ring (bicyclic) bond motifs is 13. The number of aromatic nitrogens is 6. The summed E-state index contributed by atoms with van der Waals surface area (Å²) < 4.78 is 0. The molecule has 9 heteroatoms. The monoisotopic (exact) mass is 1540 g/mol. The number of nitrogens with zero attached hydrogens (tertiary/aromatic N) is 9. The Kier molecular flexibility index (Phi) is 16.1. The Labute approximate surface area is 697 Å². The summed E-state index contributed by atoms with van der Waals surface area (Å²) in [6.45, 7) is 0. The number of anilines is 9. The third kappa shape index (κ3) is 11.6. The molecule has 0 N–H and O–H groups in total. The van der Waals surface area contributed by atoms with E-state index in [4.69, 9.17) is 29.9 Å². The lowest BCUT2D eigenvalue weighted by Gasteiger charge is -2.34. The molecule has 23 aromatic rings. The average molecular weight is 1540 g/mol. The van der Waals surface area contributed by atoms with E-state index in [0.717, 1.165) is 118 Å². The maximum absolute atomic E-state index is 5.36. The van der Waals surface area contributed by atoms with E-state index in [1.54, 1.807) is 0 Å². The van der Waals surface area contributed by atoms with Crippen LogP contribution in [0, 0.1) is 0 Å². The second kappa shape index (κ2) is 28.2. The van der Waals surface area contributed by atoms with Crippen LogP contribution in [0.1, 0.15) is 0 Å². The fourth-order valence-electron chi connectivity index (χ4n) is 18.6. The molecular weight excluding hydrogens is 1470 g/mol. The van der Waals surface area contributed by atoms with Crippen molar-refractivity contribution in [1.82, 2.24) is 29.9 Å². The first-order valence-electron chi connectivity index (χ1n) is 41.0. The van der Waals surface area contributed by atoms with E-state index < -0.39 is 0 Å². The lowest BCUT2D eigenvalue weighted by atomic mass is 9.89. The molecule has 3 aliphatic heterocycles. The fourth-order valence-corrected chi connectivity index (χ4v) is 18.6. The molecule has 0 amide bonds. The van der Waals surface area contributed by atoms with Crippen LogP contribution in [0.15, 0.2) is 419 Å². The third-order valence-corrected chi connectivity index (χ3v) is 24.2. The van der Waals surface area contributed by atoms with E-state index in [1.165, 1.54) is 120 Å². The van der Waals surface area contributed by atoms with Gasteiger partial charge in [0.25, 0.3) is 0 Å². The van der Waals surface area contributed by atoms with Crippen molar-refractivity contribution in [3.63, 3.8) is 0 Å². The smallest absolute Gasteiger partial charge is 0.165 e. The second-order valence-electron chi connectivity index (χ2n) is 31.2. The van der Waals surface area contributed by atoms with Crippen molar-refractivity contribution in [2.75, 3.05) is 14.7 Å². The van der Waals surface area contributed by atoms with Crippen LogP contribution in [-0.2, 0) is 0 Å². The van der Waals surface area contributed by atoms with Gasteiger partial charge in [0.15, 0.2) is 17.5 Å². The minimum absolute atomic E-state index is 0.824. The van der Waals surface area contributed by atoms with E-state index in [2.05, 4.69) is 354 Å². The van der Waals surface area contributed by atoms with Crippen molar-refractivity contribution in [2.24, 2.45) is 0 Å². The van der Waals surface area contributed by atoms with Gasteiger partial charge in [-0.15, -0.1) is 0 Å². The molecule has 0 spiro atoms. The Bertz CT molecular complexity index is 8180. The number of hydrogen-bond acceptors (Lipinski definition) is 9. The maximum atomic E-state index is 5.36. The van der Waals surface area contributed by atoms with Crippen LogP contribution < -0.4 is 14.7 Å². The van der Waals surface area contributed by atoms with Crippen molar-refractivity contribution < 1.29 is 0 Å². The molecule has 9 nitrogen and oxygen atoms in total. The summed E-state index contributed by atoms with van der Waals surface area (Å²) in [6.07, 6.45) is 0. The highest BCUT2D eigenvalue weighted by atomic mass is 15.2. The predicted octanol–water partition coefficient (Wildman–Crippen LogP) is 30.0. The quantitative estimate of drug-likeness (QED) is 0.155. The van der Waals surface area contributed by atoms with E-state index in [-0.39, 0.29) is 0 Å². The van der Waals surface area contributed by atoms with Gasteiger partial charge in [-0.3, -0.25) is 14.7 Å². The van der Waals surface area contributed by atoms with Gasteiger partial charge in [-0.2, -0.15) is 0 Å². The molecule has 26 rings (SSSR count). The van der Waals surface area contributed by atoms with Crippen LogP contribution in [0.25, 0.3) is 187 Å². The van der Waals surface area contributed by atoms with E-state index in [1.807, 2.05) is 78.9 Å². The Balaban J connectivity index is 0.000000103. The number of para-hydroxylation sites is 6. The minimum Gasteiger partial charge on any atom is -0.292 e. The highest BCUT2D eigenvalue weighted by Crippen LogP contribution is 2.57. The zero-order chi connectivity index (χ0) is 79.6. The van der Waals surface area contributed by atoms with E-state index in [0.29, 0.717) is 0 Å². The predicted molar refractivity (Wildman–Crippen MR) is 504 cm³/mol. The Morgan fingerprint density at radius 2 is 0.388 bits per heavy atom. The van der Waals surface area contributed by atoms with Gasteiger partial charge in [0, 0.05) is 49.5 Å². The standard InChI is InChI=1S/C40H25N3.C38H23N3.C34H21N3/c1-2-10-26(11-3-1)27-20-22-29(23-21-27)39-40(42-35-18-7-6-17-34(35)41-39)43-36-19-9-15-28-14-8-16-32(38(28)36)33-24-30-12-4-5-13-31(30)25-37(33)43;1-2-10-26-21-29(20-19-24(26)9-1)37-38(40-33-17-6-5-16-32(33)39-37)41-34-18-8-14-25-13-7-15-30(36(25)34)31-22-27-11-3-4-12-28(27)23-35(31)41;1-2-10-23(11-3-1)33-34(36-29-18-7-6-17-28(29)35-33)37-30-19-9-15-22-14-8-16-26(32(22)30)27-20-24-12-4-5-13-25(24)21-31(27)37/h1-25H;1-23H;1-21H. The van der Waals surface area contributed by atoms with Crippen molar-refractivity contribution in [3.8, 4) is 78.3 Å². The summed E-state index contributed by atoms with van der Waals surface area (Å²) in [5.74, 6) is 2.49. The molecule has 20 aromatic carbocycles. The van der Waals surface area contributed by atoms with E-state index >= 15 is 0 Å². The van der Waals surface area contributed by atoms with Crippen LogP contribution in [0.5, 0.6) is 0 Å². The fraction of sp³-hybridized carbons (Fsp3) is 0. The first-order valence-corrected chi connectivity index (χ1v) is 41.0. The van der Waals surface area contributed by atoms with Gasteiger partial charge in [0.05, 0.1) is 67.2 Å². The molecular formula is C112H69N9. The van der Waals surface area contributed by atoms with Crippen molar-refractivity contribution in [3.05, 3.63) is 419 Å². The maximum Gasteiger partial charge on any atom is 0.165 e. The SMILES string of the molecule is c1ccc(-c2ccc(-c3nc4ccccc4nc3N3c4cc5ccccc5cc4-c4cccc5cccc3c45)cc2)cc1.c1ccc(-c2nc3ccccc3nc2N2c3cc4ccccc4cc3-c3cccc4cccc2c34)cc1.c1ccc2cc(-c3nc4ccccc4nc3N3c4cc5ccccc5cc4-c4cccc5cccc3c45)ccc2c1. The average Bonchev–Trinajstić information content (AvgIpc) is 0.711. The molecule has 3 aromatic heterocycles. The van der Waals surface area contributed by atoms with Gasteiger partial charge < -0.3 is 0 Å². The normalized spacial score (nSPS) is 12.2. The zero-order valence-corrected chi connectivity index (χ0v) is 65.4. The highest BCUT2D eigenvalue weighted by molar-refractivity contribution is 6.20. The molecule has 0 atom stereocenters. The first-order chi connectivity index (χ1) is 60.0. The van der Waals surface area contributed by atoms with Crippen molar-refractivity contribution in [1.29, 1.82) is 0 Å². The van der Waals surface area contributed by atoms with Gasteiger partial charge in [0.1, 0.15) is 17.1 Å². The minimum atomic E-state index is 0.824. The van der Waals surface area contributed by atoms with Crippen LogP contribution in [-0.4, -0.2) is 29.9 Å². The van der Waals surface area contributed by atoms with E-state index in [9.17, 15) is 0 Å². The van der Waals surface area contributed by atoms with Gasteiger partial charge in [-0.1, -0.05) is 322 Å². The third-order valence-electron chi connectivity index (χ3n) is 24.2. The number of rotatable bonds is 7. The molecule has 0 bridgehead atoms. The Hall–Kier alpha value is -16.4. The summed E-state index contributed by atoms with van der Waals surface area (Å²) >= 11 is 0. The molecule has 0 aliphatic carbocycles. The first kappa shape index (κ1) is 69.0. The van der Waals surface area contributed by atoms with Gasteiger partial charge >= 0.3 is 0 Å². The number of benzene rings is 20. The molecule has 0 unspecified atom stereocenters. The van der Waals surface area contributed by atoms with Gasteiger partial charge in [0.2, 0.25) is 0 Å². The summed E-state index contributed by atoms with van der Waals surface area (Å²) in [4.78, 5) is 38.7. The summed E-state index contributed by atoms with van der Waals surface area (Å²) in [5.41, 5.74) is 27.4. The van der Waals surface area contributed by atoms with Gasteiger partial charge in [-0.25, -0.2) is 29.9 Å². The molecule has 121 heavy (non-hydrogen) atoms. The van der Waals surface area contributed by atoms with Gasteiger partial charge in [-0.05, 0) is 184 Å². The Morgan fingerprint density at radius 3 is 0.752 bits per heavy atom. The highest BCUT2D eigenvalue weighted by Gasteiger charge is 2.35. The molecule has 0 fully saturated rings. The van der Waals surface area contributed by atoms with Crippen molar-refractivity contribution in [2.45, 2.75) is 0 Å².